The normalized spacial score (nSPS) is 10.4. The van der Waals surface area contributed by atoms with Gasteiger partial charge in [-0.25, -0.2) is 9.78 Å². The zero-order valence-electron chi connectivity index (χ0n) is 9.23. The Morgan fingerprint density at radius 2 is 2.19 bits per heavy atom. The zero-order chi connectivity index (χ0) is 11.7. The lowest BCUT2D eigenvalue weighted by Gasteiger charge is -2.01. The maximum Gasteiger partial charge on any atom is 0.348 e. The Morgan fingerprint density at radius 3 is 2.81 bits per heavy atom. The van der Waals surface area contributed by atoms with Crippen LogP contribution in [0.25, 0.3) is 10.2 Å². The lowest BCUT2D eigenvalue weighted by atomic mass is 10.2. The van der Waals surface area contributed by atoms with Crippen LogP contribution >= 0.6 is 11.3 Å². The van der Waals surface area contributed by atoms with E-state index in [-0.39, 0.29) is 5.97 Å². The Bertz CT molecular complexity index is 547. The average Bonchev–Trinajstić information content (AvgIpc) is 2.66. The summed E-state index contributed by atoms with van der Waals surface area (Å²) >= 11 is 1.32. The summed E-state index contributed by atoms with van der Waals surface area (Å²) in [5.41, 5.74) is 0.858. The fourth-order valence-corrected chi connectivity index (χ4v) is 2.68. The smallest absolute Gasteiger partial charge is 0.348 e. The Labute approximate surface area is 96.8 Å². The van der Waals surface area contributed by atoms with E-state index in [9.17, 15) is 4.79 Å². The topological polar surface area (TPSA) is 48.4 Å². The number of rotatable bonds is 2. The van der Waals surface area contributed by atoms with Gasteiger partial charge in [0, 0.05) is 6.20 Å². The van der Waals surface area contributed by atoms with E-state index >= 15 is 0 Å². The monoisotopic (exact) mass is 237 g/mol. The maximum atomic E-state index is 11.5. The quantitative estimate of drug-likeness (QED) is 0.752. The van der Waals surface area contributed by atoms with E-state index in [1.807, 2.05) is 6.92 Å². The molecule has 0 radical (unpaired) electrons. The number of methoxy groups -OCH3 is 2. The van der Waals surface area contributed by atoms with Gasteiger partial charge in [0.1, 0.15) is 15.5 Å². The number of aromatic nitrogens is 1. The number of hydrogen-bond donors (Lipinski definition) is 0. The number of esters is 1. The highest BCUT2D eigenvalue weighted by Crippen LogP contribution is 2.35. The van der Waals surface area contributed by atoms with Crippen molar-refractivity contribution in [3.05, 3.63) is 22.7 Å². The summed E-state index contributed by atoms with van der Waals surface area (Å²) in [6.07, 6.45) is 1.66. The molecule has 0 amide bonds. The fourth-order valence-electron chi connectivity index (χ4n) is 1.59. The zero-order valence-corrected chi connectivity index (χ0v) is 10.1. The van der Waals surface area contributed by atoms with Crippen LogP contribution in [0.5, 0.6) is 5.75 Å². The molecule has 0 unspecified atom stereocenters. The van der Waals surface area contributed by atoms with E-state index in [1.165, 1.54) is 18.4 Å². The third-order valence-electron chi connectivity index (χ3n) is 2.38. The molecule has 0 N–H and O–H groups in total. The van der Waals surface area contributed by atoms with Crippen molar-refractivity contribution in [1.29, 1.82) is 0 Å². The first-order valence-corrected chi connectivity index (χ1v) is 5.51. The molecule has 4 nitrogen and oxygen atoms in total. The third kappa shape index (κ3) is 1.53. The molecular formula is C11H11NO3S. The van der Waals surface area contributed by atoms with Gasteiger partial charge < -0.3 is 9.47 Å². The summed E-state index contributed by atoms with van der Waals surface area (Å²) in [7, 11) is 2.97. The largest absolute Gasteiger partial charge is 0.496 e. The molecule has 0 atom stereocenters. The van der Waals surface area contributed by atoms with Crippen molar-refractivity contribution >= 4 is 27.5 Å². The Hall–Kier alpha value is -1.62. The van der Waals surface area contributed by atoms with E-state index in [1.54, 1.807) is 19.4 Å². The first kappa shape index (κ1) is 10.9. The molecule has 0 aromatic carbocycles. The van der Waals surface area contributed by atoms with Crippen LogP contribution in [0.15, 0.2) is 12.3 Å². The molecule has 2 heterocycles. The molecule has 0 saturated heterocycles. The molecular weight excluding hydrogens is 226 g/mol. The van der Waals surface area contributed by atoms with Gasteiger partial charge in [-0.05, 0) is 18.6 Å². The van der Waals surface area contributed by atoms with Crippen LogP contribution in [0.3, 0.4) is 0 Å². The van der Waals surface area contributed by atoms with Gasteiger partial charge in [-0.3, -0.25) is 0 Å². The SMILES string of the molecule is COC(=O)c1sc2nccc(OC)c2c1C. The number of carbonyl (C=O) groups is 1. The Morgan fingerprint density at radius 1 is 1.44 bits per heavy atom. The third-order valence-corrected chi connectivity index (χ3v) is 3.56. The molecule has 0 aliphatic carbocycles. The number of thiophene rings is 1. The van der Waals surface area contributed by atoms with Crippen molar-refractivity contribution in [2.24, 2.45) is 0 Å². The van der Waals surface area contributed by atoms with Crippen LogP contribution in [0.1, 0.15) is 15.2 Å². The van der Waals surface area contributed by atoms with Gasteiger partial charge in [-0.15, -0.1) is 11.3 Å². The van der Waals surface area contributed by atoms with Gasteiger partial charge in [-0.2, -0.15) is 0 Å². The molecule has 5 heteroatoms. The minimum atomic E-state index is -0.331. The van der Waals surface area contributed by atoms with Crippen molar-refractivity contribution in [3.63, 3.8) is 0 Å². The van der Waals surface area contributed by atoms with Crippen LogP contribution in [-0.2, 0) is 4.74 Å². The lowest BCUT2D eigenvalue weighted by molar-refractivity contribution is 0.0605. The van der Waals surface area contributed by atoms with Crippen LogP contribution in [0, 0.1) is 6.92 Å². The second-order valence-electron chi connectivity index (χ2n) is 3.24. The molecule has 16 heavy (non-hydrogen) atoms. The molecule has 0 fully saturated rings. The first-order chi connectivity index (χ1) is 7.69. The van der Waals surface area contributed by atoms with Gasteiger partial charge in [0.15, 0.2) is 0 Å². The number of hydrogen-bond acceptors (Lipinski definition) is 5. The summed E-state index contributed by atoms with van der Waals surface area (Å²) in [4.78, 5) is 17.1. The summed E-state index contributed by atoms with van der Waals surface area (Å²) in [5, 5.41) is 0.885. The van der Waals surface area contributed by atoms with E-state index in [0.717, 1.165) is 21.5 Å². The first-order valence-electron chi connectivity index (χ1n) is 4.69. The standard InChI is InChI=1S/C11H11NO3S/c1-6-8-7(14-2)4-5-12-10(8)16-9(6)11(13)15-3/h4-5H,1-3H3. The molecule has 2 aromatic heterocycles. The second kappa shape index (κ2) is 4.09. The van der Waals surface area contributed by atoms with Crippen LogP contribution < -0.4 is 4.74 Å². The molecule has 0 saturated carbocycles. The summed E-state index contributed by atoms with van der Waals surface area (Å²) in [6.45, 7) is 1.87. The molecule has 0 aliphatic heterocycles. The van der Waals surface area contributed by atoms with Gasteiger partial charge in [0.2, 0.25) is 0 Å². The molecule has 2 rings (SSSR count). The van der Waals surface area contributed by atoms with Crippen LogP contribution in [-0.4, -0.2) is 25.2 Å². The van der Waals surface area contributed by atoms with E-state index in [0.29, 0.717) is 4.88 Å². The average molecular weight is 237 g/mol. The summed E-state index contributed by atoms with van der Waals surface area (Å²) < 4.78 is 9.97. The molecule has 0 spiro atoms. The predicted molar refractivity (Wildman–Crippen MR) is 62.2 cm³/mol. The molecule has 84 valence electrons. The number of carbonyl (C=O) groups excluding carboxylic acids is 1. The predicted octanol–water partition coefficient (Wildman–Crippen LogP) is 2.40. The minimum absolute atomic E-state index is 0.331. The highest BCUT2D eigenvalue weighted by molar-refractivity contribution is 7.20. The van der Waals surface area contributed by atoms with E-state index in [2.05, 4.69) is 4.98 Å². The van der Waals surface area contributed by atoms with Crippen molar-refractivity contribution in [1.82, 2.24) is 4.98 Å². The Kier molecular flexibility index (Phi) is 2.78. The molecule has 0 aliphatic rings. The highest BCUT2D eigenvalue weighted by Gasteiger charge is 2.18. The van der Waals surface area contributed by atoms with E-state index < -0.39 is 0 Å². The van der Waals surface area contributed by atoms with Crippen molar-refractivity contribution in [2.75, 3.05) is 14.2 Å². The van der Waals surface area contributed by atoms with Gasteiger partial charge in [0.25, 0.3) is 0 Å². The number of ether oxygens (including phenoxy) is 2. The van der Waals surface area contributed by atoms with E-state index in [4.69, 9.17) is 9.47 Å². The molecule has 2 aromatic rings. The van der Waals surface area contributed by atoms with Crippen molar-refractivity contribution in [3.8, 4) is 5.75 Å². The Balaban J connectivity index is 2.73. The maximum absolute atomic E-state index is 11.5. The fraction of sp³-hybridized carbons (Fsp3) is 0.273. The number of pyridine rings is 1. The van der Waals surface area contributed by atoms with Crippen LogP contribution in [0.2, 0.25) is 0 Å². The number of aryl methyl sites for hydroxylation is 1. The summed E-state index contributed by atoms with van der Waals surface area (Å²) in [5.74, 6) is 0.399. The minimum Gasteiger partial charge on any atom is -0.496 e. The van der Waals surface area contributed by atoms with Crippen LogP contribution in [0.4, 0.5) is 0 Å². The second-order valence-corrected chi connectivity index (χ2v) is 4.24. The number of fused-ring (bicyclic) bond motifs is 1. The van der Waals surface area contributed by atoms with Gasteiger partial charge in [0.05, 0.1) is 19.6 Å². The lowest BCUT2D eigenvalue weighted by Crippen LogP contribution is -1.99. The summed E-state index contributed by atoms with van der Waals surface area (Å²) in [6, 6.07) is 1.78. The number of nitrogens with zero attached hydrogens (tertiary/aromatic N) is 1. The highest BCUT2D eigenvalue weighted by atomic mass is 32.1. The molecule has 0 bridgehead atoms. The van der Waals surface area contributed by atoms with Gasteiger partial charge in [-0.1, -0.05) is 0 Å². The van der Waals surface area contributed by atoms with Crippen molar-refractivity contribution < 1.29 is 14.3 Å². The van der Waals surface area contributed by atoms with Crippen molar-refractivity contribution in [2.45, 2.75) is 6.92 Å². The van der Waals surface area contributed by atoms with Gasteiger partial charge >= 0.3 is 5.97 Å².